The van der Waals surface area contributed by atoms with Crippen LogP contribution in [0.5, 0.6) is 0 Å². The van der Waals surface area contributed by atoms with Crippen LogP contribution in [0.3, 0.4) is 0 Å². The van der Waals surface area contributed by atoms with E-state index in [1.807, 2.05) is 0 Å². The molecule has 2 aromatic rings. The van der Waals surface area contributed by atoms with Crippen LogP contribution in [-0.2, 0) is 28.0 Å². The third kappa shape index (κ3) is 5.75. The van der Waals surface area contributed by atoms with Crippen LogP contribution in [0.25, 0.3) is 11.2 Å². The second-order valence-electron chi connectivity index (χ2n) is 7.63. The highest BCUT2D eigenvalue weighted by molar-refractivity contribution is 5.98. The van der Waals surface area contributed by atoms with Crippen molar-refractivity contribution in [2.24, 2.45) is 18.0 Å². The van der Waals surface area contributed by atoms with Gasteiger partial charge in [-0.1, -0.05) is 6.08 Å². The first kappa shape index (κ1) is 23.5. The zero-order valence-corrected chi connectivity index (χ0v) is 17.9. The zero-order valence-electron chi connectivity index (χ0n) is 17.9. The van der Waals surface area contributed by atoms with Crippen LogP contribution in [0, 0.1) is 5.92 Å². The van der Waals surface area contributed by atoms with Crippen LogP contribution in [0.15, 0.2) is 28.1 Å². The molecule has 174 valence electrons. The second-order valence-corrected chi connectivity index (χ2v) is 7.63. The molecule has 3 rings (SSSR count). The van der Waals surface area contributed by atoms with Crippen molar-refractivity contribution in [3.63, 3.8) is 0 Å². The van der Waals surface area contributed by atoms with Gasteiger partial charge in [0.1, 0.15) is 19.6 Å². The Morgan fingerprint density at radius 2 is 2.18 bits per heavy atom. The first-order valence-corrected chi connectivity index (χ1v) is 10.2. The number of fused-ring (bicyclic) bond motifs is 1. The molecule has 2 heterocycles. The van der Waals surface area contributed by atoms with E-state index < -0.39 is 29.8 Å². The van der Waals surface area contributed by atoms with Gasteiger partial charge in [0.25, 0.3) is 0 Å². The summed E-state index contributed by atoms with van der Waals surface area (Å²) in [6.45, 7) is 0.277. The number of anilines is 1. The van der Waals surface area contributed by atoms with Gasteiger partial charge in [0.15, 0.2) is 6.20 Å². The monoisotopic (exact) mass is 459 g/mol. The molecule has 13 nitrogen and oxygen atoms in total. The number of rotatable bonds is 8. The van der Waals surface area contributed by atoms with Gasteiger partial charge in [-0.3, -0.25) is 24.4 Å². The molecule has 2 unspecified atom stereocenters. The summed E-state index contributed by atoms with van der Waals surface area (Å²) in [5.74, 6) is -3.39. The van der Waals surface area contributed by atoms with Crippen LogP contribution < -0.4 is 26.2 Å². The van der Waals surface area contributed by atoms with Gasteiger partial charge < -0.3 is 21.3 Å². The number of carboxylic acid groups (broad SMARTS) is 2. The minimum Gasteiger partial charge on any atom is -0.481 e. The van der Waals surface area contributed by atoms with Gasteiger partial charge in [0.2, 0.25) is 11.6 Å². The molecule has 7 N–H and O–H groups in total. The van der Waals surface area contributed by atoms with Crippen molar-refractivity contribution in [1.29, 1.82) is 0 Å². The minimum absolute atomic E-state index is 0.0132. The number of aliphatic carboxylic acids is 2. The van der Waals surface area contributed by atoms with Crippen molar-refractivity contribution in [1.82, 2.24) is 15.3 Å². The number of hydrogen-bond donors (Lipinski definition) is 5. The van der Waals surface area contributed by atoms with E-state index in [1.54, 1.807) is 30.0 Å². The van der Waals surface area contributed by atoms with Crippen LogP contribution in [0.2, 0.25) is 0 Å². The number of aromatic amines is 2. The van der Waals surface area contributed by atoms with Crippen molar-refractivity contribution in [2.45, 2.75) is 38.3 Å². The number of amides is 1. The van der Waals surface area contributed by atoms with E-state index in [9.17, 15) is 24.3 Å². The van der Waals surface area contributed by atoms with E-state index in [0.717, 1.165) is 11.4 Å². The van der Waals surface area contributed by atoms with E-state index in [1.165, 1.54) is 0 Å². The summed E-state index contributed by atoms with van der Waals surface area (Å²) in [5, 5.41) is 20.3. The van der Waals surface area contributed by atoms with Gasteiger partial charge in [-0.25, -0.2) is 9.78 Å². The summed E-state index contributed by atoms with van der Waals surface area (Å²) < 4.78 is 1.67. The summed E-state index contributed by atoms with van der Waals surface area (Å²) in [6, 6.07) is -1.26. The zero-order chi connectivity index (χ0) is 24.1. The molecule has 0 aliphatic heterocycles. The van der Waals surface area contributed by atoms with Gasteiger partial charge in [0, 0.05) is 17.1 Å². The predicted octanol–water partition coefficient (Wildman–Crippen LogP) is -1.51. The molecular weight excluding hydrogens is 434 g/mol. The molecule has 0 bridgehead atoms. The highest BCUT2D eigenvalue weighted by atomic mass is 16.4. The van der Waals surface area contributed by atoms with E-state index in [4.69, 9.17) is 10.8 Å². The summed E-state index contributed by atoms with van der Waals surface area (Å²) in [6.07, 6.45) is 5.44. The lowest BCUT2D eigenvalue weighted by Crippen LogP contribution is -2.44. The molecule has 0 fully saturated rings. The Labute approximate surface area is 187 Å². The third-order valence-corrected chi connectivity index (χ3v) is 5.33. The molecule has 2 aromatic heterocycles. The van der Waals surface area contributed by atoms with Gasteiger partial charge in [0.05, 0.1) is 5.92 Å². The smallest absolute Gasteiger partial charge is 0.403 e. The van der Waals surface area contributed by atoms with E-state index in [2.05, 4.69) is 25.3 Å². The lowest BCUT2D eigenvalue weighted by Gasteiger charge is -2.20. The Kier molecular flexibility index (Phi) is 7.10. The number of nitrogens with zero attached hydrogens (tertiary/aromatic N) is 3. The molecule has 0 aromatic carbocycles. The number of nitrogen functional groups attached to an aromatic ring is 1. The van der Waals surface area contributed by atoms with Crippen LogP contribution in [0.1, 0.15) is 31.4 Å². The van der Waals surface area contributed by atoms with Gasteiger partial charge in [-0.15, -0.1) is 0 Å². The molecule has 1 aliphatic carbocycles. The Morgan fingerprint density at radius 1 is 1.42 bits per heavy atom. The molecule has 13 heteroatoms. The average Bonchev–Trinajstić information content (AvgIpc) is 2.75. The topological polar surface area (TPSA) is 206 Å². The Morgan fingerprint density at radius 3 is 2.82 bits per heavy atom. The van der Waals surface area contributed by atoms with Crippen molar-refractivity contribution in [3.05, 3.63) is 34.4 Å². The number of nitrogens with one attached hydrogen (secondary N) is 3. The number of H-pyrrole nitrogens is 2. The number of hydrogen-bond acceptors (Lipinski definition) is 7. The molecule has 0 radical (unpaired) electrons. The fourth-order valence-electron chi connectivity index (χ4n) is 3.49. The number of carbonyl (C=O) groups is 3. The van der Waals surface area contributed by atoms with Crippen LogP contribution in [0.4, 0.5) is 5.95 Å². The number of aliphatic imine (C=N–C) groups is 1. The SMILES string of the molecule is C[n+]1c(CN=C2C=CC(C(=O)NC(CCC(=O)O)C(=O)O)CC2)c[nH+]c2nc(N)[nH]c(=O)c21. The van der Waals surface area contributed by atoms with Crippen molar-refractivity contribution < 1.29 is 34.1 Å². The maximum atomic E-state index is 12.4. The quantitative estimate of drug-likeness (QED) is 0.292. The van der Waals surface area contributed by atoms with E-state index in [0.29, 0.717) is 24.0 Å². The van der Waals surface area contributed by atoms with Gasteiger partial charge in [-0.2, -0.15) is 4.57 Å². The Balaban J connectivity index is 1.66. The molecular formula is C20H25N7O6+2. The average molecular weight is 459 g/mol. The normalized spacial score (nSPS) is 17.7. The number of carboxylic acids is 2. The first-order valence-electron chi connectivity index (χ1n) is 10.2. The highest BCUT2D eigenvalue weighted by Crippen LogP contribution is 2.17. The summed E-state index contributed by atoms with van der Waals surface area (Å²) in [5.41, 5.74) is 7.35. The Hall–Kier alpha value is -4.16. The largest absolute Gasteiger partial charge is 0.481 e. The molecule has 33 heavy (non-hydrogen) atoms. The standard InChI is InChI=1S/C20H23N7O6/c1-27-12(9-23-16-15(27)18(31)26-20(21)25-16)8-22-11-4-2-10(3-5-11)17(30)24-13(19(32)33)6-7-14(28)29/h2,4,9-10,13H,3,5-8H2,1H3,(H5-,21,23,24,25,26,28,29,30,31,32,33)/p+2. The summed E-state index contributed by atoms with van der Waals surface area (Å²) >= 11 is 0. The minimum atomic E-state index is -1.27. The van der Waals surface area contributed by atoms with Gasteiger partial charge in [-0.05, 0) is 25.3 Å². The number of aromatic nitrogens is 4. The lowest BCUT2D eigenvalue weighted by molar-refractivity contribution is -0.661. The molecule has 2 atom stereocenters. The second kappa shape index (κ2) is 9.97. The molecule has 0 saturated heterocycles. The first-order chi connectivity index (χ1) is 15.7. The third-order valence-electron chi connectivity index (χ3n) is 5.33. The lowest BCUT2D eigenvalue weighted by atomic mass is 9.93. The van der Waals surface area contributed by atoms with Gasteiger partial charge >= 0.3 is 34.6 Å². The van der Waals surface area contributed by atoms with Crippen LogP contribution in [-0.4, -0.2) is 49.8 Å². The summed E-state index contributed by atoms with van der Waals surface area (Å²) in [4.78, 5) is 60.5. The highest BCUT2D eigenvalue weighted by Gasteiger charge is 2.27. The van der Waals surface area contributed by atoms with E-state index >= 15 is 0 Å². The molecule has 0 spiro atoms. The van der Waals surface area contributed by atoms with Crippen LogP contribution >= 0.6 is 0 Å². The fourth-order valence-corrected chi connectivity index (χ4v) is 3.49. The Bertz CT molecular complexity index is 1220. The number of aryl methyl sites for hydroxylation is 1. The molecule has 1 aliphatic rings. The number of nitrogens with two attached hydrogens (primary N) is 1. The fraction of sp³-hybridized carbons (Fsp3) is 0.400. The van der Waals surface area contributed by atoms with Crippen molar-refractivity contribution in [2.75, 3.05) is 5.73 Å². The number of carbonyl (C=O) groups excluding carboxylic acids is 1. The molecule has 0 saturated carbocycles. The summed E-state index contributed by atoms with van der Waals surface area (Å²) in [7, 11) is 1.72. The van der Waals surface area contributed by atoms with E-state index in [-0.39, 0.29) is 30.9 Å². The molecule has 1 amide bonds. The maximum Gasteiger partial charge on any atom is 0.403 e. The maximum absolute atomic E-state index is 12.4. The number of allylic oxidation sites excluding steroid dienone is 1. The van der Waals surface area contributed by atoms with Crippen molar-refractivity contribution in [3.8, 4) is 0 Å². The van der Waals surface area contributed by atoms with Crippen molar-refractivity contribution >= 4 is 40.7 Å². The predicted molar refractivity (Wildman–Crippen MR) is 114 cm³/mol.